The minimum Gasteiger partial charge on any atom is -0.313 e. The molecule has 0 aromatic heterocycles. The lowest BCUT2D eigenvalue weighted by atomic mass is 9.78. The van der Waals surface area contributed by atoms with E-state index in [0.29, 0.717) is 30.6 Å². The molecule has 4 heteroatoms. The van der Waals surface area contributed by atoms with Gasteiger partial charge in [0.1, 0.15) is 5.82 Å². The predicted octanol–water partition coefficient (Wildman–Crippen LogP) is 9.10. The van der Waals surface area contributed by atoms with Crippen molar-refractivity contribution in [3.8, 4) is 0 Å². The van der Waals surface area contributed by atoms with Gasteiger partial charge in [-0.1, -0.05) is 54.6 Å². The molecule has 35 heavy (non-hydrogen) atoms. The van der Waals surface area contributed by atoms with Gasteiger partial charge in [-0.15, -0.1) is 6.58 Å². The molecule has 0 unspecified atom stereocenters. The lowest BCUT2D eigenvalue weighted by Crippen LogP contribution is -2.29. The van der Waals surface area contributed by atoms with E-state index in [9.17, 15) is 13.2 Å². The van der Waals surface area contributed by atoms with E-state index >= 15 is 0 Å². The van der Waals surface area contributed by atoms with Gasteiger partial charge in [0, 0.05) is 0 Å². The number of rotatable bonds is 9. The smallest absolute Gasteiger partial charge is 0.313 e. The van der Waals surface area contributed by atoms with Crippen molar-refractivity contribution in [1.82, 2.24) is 0 Å². The fraction of sp³-hybridized carbons (Fsp3) is 0.484. The highest BCUT2D eigenvalue weighted by molar-refractivity contribution is 5.25. The molecule has 188 valence electrons. The van der Waals surface area contributed by atoms with E-state index in [2.05, 4.69) is 18.7 Å². The van der Waals surface area contributed by atoms with Gasteiger partial charge in [0.2, 0.25) is 0 Å². The Morgan fingerprint density at radius 1 is 0.800 bits per heavy atom. The summed E-state index contributed by atoms with van der Waals surface area (Å²) in [4.78, 5) is 0. The second kappa shape index (κ2) is 12.1. The van der Waals surface area contributed by atoms with Crippen LogP contribution in [0.2, 0.25) is 0 Å². The molecule has 2 aliphatic rings. The fourth-order valence-electron chi connectivity index (χ4n) is 5.50. The Hall–Kier alpha value is -2.33. The first-order valence-electron chi connectivity index (χ1n) is 13.1. The molecule has 0 radical (unpaired) electrons. The van der Waals surface area contributed by atoms with Gasteiger partial charge in [0.25, 0.3) is 0 Å². The van der Waals surface area contributed by atoms with Crippen LogP contribution in [0.15, 0.2) is 73.3 Å². The lowest BCUT2D eigenvalue weighted by molar-refractivity contribution is -0.277. The summed E-state index contributed by atoms with van der Waals surface area (Å²) in [7, 11) is 0. The van der Waals surface area contributed by atoms with Crippen molar-refractivity contribution in [3.05, 3.63) is 95.8 Å². The summed E-state index contributed by atoms with van der Waals surface area (Å²) in [5, 5.41) is 0. The zero-order valence-corrected chi connectivity index (χ0v) is 20.5. The maximum Gasteiger partial charge on any atom is 0.383 e. The first-order valence-corrected chi connectivity index (χ1v) is 13.1. The van der Waals surface area contributed by atoms with Gasteiger partial charge in [0.15, 0.2) is 0 Å². The standard InChI is InChI=1S/C31H37F3O/c1-2-3-4-23-9-17-28(18-10-23)31(33,34)35-30-21-11-25(12-22-30)6-5-24-7-13-26(14-8-24)27-15-19-29(32)20-16-27/h2,5-6,9-10,15-20,24-26,30H,1,3-4,7-8,11-14,21-22H2/b6-5+. The van der Waals surface area contributed by atoms with Crippen LogP contribution in [-0.4, -0.2) is 6.10 Å². The van der Waals surface area contributed by atoms with Crippen LogP contribution in [0.3, 0.4) is 0 Å². The summed E-state index contributed by atoms with van der Waals surface area (Å²) in [6.45, 7) is 3.70. The molecule has 2 aliphatic carbocycles. The number of hydrogen-bond acceptors (Lipinski definition) is 1. The summed E-state index contributed by atoms with van der Waals surface area (Å²) in [6.07, 6.45) is 12.2. The molecule has 0 atom stereocenters. The summed E-state index contributed by atoms with van der Waals surface area (Å²) in [5.74, 6) is 1.38. The Kier molecular flexibility index (Phi) is 8.89. The van der Waals surface area contributed by atoms with E-state index < -0.39 is 12.2 Å². The number of benzene rings is 2. The van der Waals surface area contributed by atoms with E-state index in [1.165, 1.54) is 17.7 Å². The predicted molar refractivity (Wildman–Crippen MR) is 136 cm³/mol. The number of hydrogen-bond donors (Lipinski definition) is 0. The summed E-state index contributed by atoms with van der Waals surface area (Å²) < 4.78 is 47.9. The molecule has 0 aliphatic heterocycles. The number of halogens is 3. The molecule has 0 N–H and O–H groups in total. The van der Waals surface area contributed by atoms with Crippen molar-refractivity contribution in [2.24, 2.45) is 11.8 Å². The van der Waals surface area contributed by atoms with Crippen molar-refractivity contribution in [3.63, 3.8) is 0 Å². The minimum atomic E-state index is -3.26. The average molecular weight is 483 g/mol. The van der Waals surface area contributed by atoms with Crippen LogP contribution in [-0.2, 0) is 17.3 Å². The SMILES string of the molecule is C=CCCc1ccc(C(F)(F)OC2CCC(/C=C/C3CCC(c4ccc(F)cc4)CC3)CC2)cc1. The fourth-order valence-corrected chi connectivity index (χ4v) is 5.50. The molecule has 2 saturated carbocycles. The Morgan fingerprint density at radius 3 is 1.94 bits per heavy atom. The van der Waals surface area contributed by atoms with Gasteiger partial charge in [-0.2, -0.15) is 8.78 Å². The van der Waals surface area contributed by atoms with Crippen LogP contribution in [0.5, 0.6) is 0 Å². The van der Waals surface area contributed by atoms with E-state index in [1.54, 1.807) is 24.3 Å². The van der Waals surface area contributed by atoms with Crippen molar-refractivity contribution >= 4 is 0 Å². The van der Waals surface area contributed by atoms with Gasteiger partial charge in [0.05, 0.1) is 11.7 Å². The Bertz CT molecular complexity index is 948. The molecule has 0 amide bonds. The van der Waals surface area contributed by atoms with Crippen molar-refractivity contribution in [1.29, 1.82) is 0 Å². The topological polar surface area (TPSA) is 9.23 Å². The van der Waals surface area contributed by atoms with Gasteiger partial charge >= 0.3 is 6.11 Å². The Balaban J connectivity index is 1.19. The third-order valence-corrected chi connectivity index (χ3v) is 7.73. The second-order valence-corrected chi connectivity index (χ2v) is 10.2. The highest BCUT2D eigenvalue weighted by atomic mass is 19.3. The van der Waals surface area contributed by atoms with Crippen molar-refractivity contribution < 1.29 is 17.9 Å². The van der Waals surface area contributed by atoms with E-state index in [-0.39, 0.29) is 11.4 Å². The average Bonchev–Trinajstić information content (AvgIpc) is 2.88. The zero-order valence-electron chi connectivity index (χ0n) is 20.5. The molecular weight excluding hydrogens is 445 g/mol. The molecule has 2 fully saturated rings. The maximum atomic E-state index is 14.7. The molecule has 0 bridgehead atoms. The largest absolute Gasteiger partial charge is 0.383 e. The quantitative estimate of drug-likeness (QED) is 0.324. The molecule has 1 nitrogen and oxygen atoms in total. The third kappa shape index (κ3) is 7.33. The lowest BCUT2D eigenvalue weighted by Gasteiger charge is -2.31. The summed E-state index contributed by atoms with van der Waals surface area (Å²) in [5.41, 5.74) is 2.20. The first-order chi connectivity index (χ1) is 16.9. The molecular formula is C31H37F3O. The number of allylic oxidation sites excluding steroid dienone is 3. The van der Waals surface area contributed by atoms with Gasteiger partial charge in [-0.3, -0.25) is 0 Å². The number of alkyl halides is 2. The van der Waals surface area contributed by atoms with Crippen LogP contribution >= 0.6 is 0 Å². The highest BCUT2D eigenvalue weighted by Gasteiger charge is 2.37. The van der Waals surface area contributed by atoms with Crippen LogP contribution in [0.25, 0.3) is 0 Å². The van der Waals surface area contributed by atoms with Crippen LogP contribution < -0.4 is 0 Å². The molecule has 0 spiro atoms. The number of ether oxygens (including phenoxy) is 1. The minimum absolute atomic E-state index is 0.0712. The van der Waals surface area contributed by atoms with Gasteiger partial charge in [-0.05, 0) is 105 Å². The monoisotopic (exact) mass is 482 g/mol. The van der Waals surface area contributed by atoms with Gasteiger partial charge in [-0.25, -0.2) is 4.39 Å². The molecule has 4 rings (SSSR count). The maximum absolute atomic E-state index is 14.7. The molecule has 0 heterocycles. The summed E-state index contributed by atoms with van der Waals surface area (Å²) in [6, 6.07) is 13.4. The normalized spacial score (nSPS) is 25.6. The van der Waals surface area contributed by atoms with E-state index in [1.807, 2.05) is 18.2 Å². The van der Waals surface area contributed by atoms with Crippen LogP contribution in [0.1, 0.15) is 80.4 Å². The Labute approximate surface area is 208 Å². The Morgan fingerprint density at radius 2 is 1.37 bits per heavy atom. The van der Waals surface area contributed by atoms with Crippen molar-refractivity contribution in [2.75, 3.05) is 0 Å². The molecule has 2 aromatic rings. The van der Waals surface area contributed by atoms with Gasteiger partial charge < -0.3 is 4.74 Å². The van der Waals surface area contributed by atoms with E-state index in [4.69, 9.17) is 4.74 Å². The second-order valence-electron chi connectivity index (χ2n) is 10.2. The number of aryl methyl sites for hydroxylation is 1. The van der Waals surface area contributed by atoms with Crippen LogP contribution in [0, 0.1) is 17.7 Å². The highest BCUT2D eigenvalue weighted by Crippen LogP contribution is 2.38. The zero-order chi connectivity index (χ0) is 24.7. The molecule has 0 saturated heterocycles. The molecule has 2 aromatic carbocycles. The summed E-state index contributed by atoms with van der Waals surface area (Å²) >= 11 is 0. The first kappa shape index (κ1) is 25.8. The van der Waals surface area contributed by atoms with Crippen molar-refractivity contribution in [2.45, 2.75) is 82.3 Å². The third-order valence-electron chi connectivity index (χ3n) is 7.73. The van der Waals surface area contributed by atoms with Crippen LogP contribution in [0.4, 0.5) is 13.2 Å². The van der Waals surface area contributed by atoms with E-state index in [0.717, 1.165) is 56.9 Å².